The van der Waals surface area contributed by atoms with Crippen LogP contribution in [0, 0.1) is 0 Å². The third kappa shape index (κ3) is 3.28. The summed E-state index contributed by atoms with van der Waals surface area (Å²) in [5.41, 5.74) is 6.49. The first kappa shape index (κ1) is 14.8. The van der Waals surface area contributed by atoms with E-state index >= 15 is 0 Å². The van der Waals surface area contributed by atoms with Gasteiger partial charge in [-0.1, -0.05) is 18.2 Å². The van der Waals surface area contributed by atoms with Gasteiger partial charge in [-0.25, -0.2) is 4.98 Å². The number of amides is 1. The number of aliphatic carboxylic acids is 1. The minimum Gasteiger partial charge on any atom is -0.481 e. The van der Waals surface area contributed by atoms with Crippen LogP contribution < -0.4 is 10.6 Å². The Balaban J connectivity index is 2.48. The number of pyridine rings is 1. The Morgan fingerprint density at radius 1 is 1.33 bits per heavy atom. The van der Waals surface area contributed by atoms with Crippen LogP contribution in [0.2, 0.25) is 0 Å². The zero-order chi connectivity index (χ0) is 15.4. The molecule has 1 amide bonds. The summed E-state index contributed by atoms with van der Waals surface area (Å²) < 4.78 is 0. The second-order valence-electron chi connectivity index (χ2n) is 4.63. The van der Waals surface area contributed by atoms with Crippen molar-refractivity contribution in [1.82, 2.24) is 4.98 Å². The van der Waals surface area contributed by atoms with Gasteiger partial charge in [-0.15, -0.1) is 0 Å². The van der Waals surface area contributed by atoms with Crippen molar-refractivity contribution in [2.75, 3.05) is 18.0 Å². The molecular formula is C15H17N3O3. The summed E-state index contributed by atoms with van der Waals surface area (Å²) in [4.78, 5) is 28.6. The molecular weight excluding hydrogens is 270 g/mol. The predicted molar refractivity (Wildman–Crippen MR) is 80.4 cm³/mol. The highest BCUT2D eigenvalue weighted by Crippen LogP contribution is 2.22. The average Bonchev–Trinajstić information content (AvgIpc) is 2.46. The van der Waals surface area contributed by atoms with Gasteiger partial charge < -0.3 is 15.7 Å². The van der Waals surface area contributed by atoms with Crippen LogP contribution in [0.15, 0.2) is 30.3 Å². The van der Waals surface area contributed by atoms with E-state index in [9.17, 15) is 9.59 Å². The number of benzene rings is 1. The number of rotatable bonds is 6. The van der Waals surface area contributed by atoms with Crippen LogP contribution in [0.25, 0.3) is 10.9 Å². The number of anilines is 1. The van der Waals surface area contributed by atoms with Crippen molar-refractivity contribution in [2.24, 2.45) is 5.73 Å². The van der Waals surface area contributed by atoms with Crippen LogP contribution in [0.3, 0.4) is 0 Å². The monoisotopic (exact) mass is 287 g/mol. The molecule has 6 nitrogen and oxygen atoms in total. The lowest BCUT2D eigenvalue weighted by Crippen LogP contribution is -2.27. The van der Waals surface area contributed by atoms with Gasteiger partial charge in [-0.05, 0) is 19.1 Å². The molecule has 0 fully saturated rings. The SMILES string of the molecule is CCN(CCC(=O)O)c1cc(C(N)=O)c2ccccc2n1. The normalized spacial score (nSPS) is 10.5. The van der Waals surface area contributed by atoms with Gasteiger partial charge in [0.05, 0.1) is 17.5 Å². The first-order chi connectivity index (χ1) is 10.0. The lowest BCUT2D eigenvalue weighted by atomic mass is 10.1. The summed E-state index contributed by atoms with van der Waals surface area (Å²) in [5, 5.41) is 9.50. The molecule has 0 aliphatic heterocycles. The number of carbonyl (C=O) groups excluding carboxylic acids is 1. The molecule has 110 valence electrons. The highest BCUT2D eigenvalue weighted by atomic mass is 16.4. The predicted octanol–water partition coefficient (Wildman–Crippen LogP) is 1.63. The van der Waals surface area contributed by atoms with Gasteiger partial charge in [-0.3, -0.25) is 9.59 Å². The Hall–Kier alpha value is -2.63. The molecule has 1 aromatic heterocycles. The molecule has 0 unspecified atom stereocenters. The summed E-state index contributed by atoms with van der Waals surface area (Å²) >= 11 is 0. The second-order valence-corrected chi connectivity index (χ2v) is 4.63. The van der Waals surface area contributed by atoms with Crippen molar-refractivity contribution >= 4 is 28.6 Å². The standard InChI is InChI=1S/C15H17N3O3/c1-2-18(8-7-14(19)20)13-9-11(15(16)21)10-5-3-4-6-12(10)17-13/h3-6,9H,2,7-8H2,1H3,(H2,16,21)(H,19,20). The molecule has 0 saturated carbocycles. The first-order valence-corrected chi connectivity index (χ1v) is 6.69. The molecule has 0 saturated heterocycles. The van der Waals surface area contributed by atoms with E-state index in [2.05, 4.69) is 4.98 Å². The number of carboxylic acids is 1. The third-order valence-electron chi connectivity index (χ3n) is 3.27. The Labute approximate surface area is 122 Å². The number of nitrogens with zero attached hydrogens (tertiary/aromatic N) is 2. The number of hydrogen-bond donors (Lipinski definition) is 2. The van der Waals surface area contributed by atoms with E-state index < -0.39 is 11.9 Å². The summed E-state index contributed by atoms with van der Waals surface area (Å²) in [6, 6.07) is 8.86. The summed E-state index contributed by atoms with van der Waals surface area (Å²) in [6.07, 6.45) is 0.00819. The van der Waals surface area contributed by atoms with E-state index in [1.165, 1.54) is 0 Å². The van der Waals surface area contributed by atoms with Gasteiger partial charge in [0.15, 0.2) is 0 Å². The number of nitrogens with two attached hydrogens (primary N) is 1. The quantitative estimate of drug-likeness (QED) is 0.841. The van der Waals surface area contributed by atoms with Crippen LogP contribution in [0.4, 0.5) is 5.82 Å². The number of aromatic nitrogens is 1. The van der Waals surface area contributed by atoms with Crippen molar-refractivity contribution < 1.29 is 14.7 Å². The van der Waals surface area contributed by atoms with Gasteiger partial charge in [0.2, 0.25) is 5.91 Å². The van der Waals surface area contributed by atoms with E-state index in [-0.39, 0.29) is 6.42 Å². The lowest BCUT2D eigenvalue weighted by Gasteiger charge is -2.22. The van der Waals surface area contributed by atoms with Crippen LogP contribution in [0.5, 0.6) is 0 Å². The third-order valence-corrected chi connectivity index (χ3v) is 3.27. The maximum Gasteiger partial charge on any atom is 0.305 e. The molecule has 0 spiro atoms. The molecule has 0 bridgehead atoms. The van der Waals surface area contributed by atoms with Crippen molar-refractivity contribution in [3.05, 3.63) is 35.9 Å². The van der Waals surface area contributed by atoms with Crippen LogP contribution >= 0.6 is 0 Å². The molecule has 6 heteroatoms. The minimum atomic E-state index is -0.871. The Bertz CT molecular complexity index is 685. The highest BCUT2D eigenvalue weighted by Gasteiger charge is 2.14. The topological polar surface area (TPSA) is 96.5 Å². The zero-order valence-corrected chi connectivity index (χ0v) is 11.7. The lowest BCUT2D eigenvalue weighted by molar-refractivity contribution is -0.136. The van der Waals surface area contributed by atoms with Gasteiger partial charge in [0, 0.05) is 18.5 Å². The maximum atomic E-state index is 11.6. The number of carboxylic acid groups (broad SMARTS) is 1. The second kappa shape index (κ2) is 6.21. The average molecular weight is 287 g/mol. The molecule has 0 aliphatic carbocycles. The molecule has 2 aromatic rings. The minimum absolute atomic E-state index is 0.00819. The van der Waals surface area contributed by atoms with E-state index in [4.69, 9.17) is 10.8 Å². The zero-order valence-electron chi connectivity index (χ0n) is 11.7. The van der Waals surface area contributed by atoms with Gasteiger partial charge in [0.25, 0.3) is 0 Å². The van der Waals surface area contributed by atoms with Crippen LogP contribution in [-0.2, 0) is 4.79 Å². The molecule has 1 aromatic carbocycles. The van der Waals surface area contributed by atoms with Crippen molar-refractivity contribution in [1.29, 1.82) is 0 Å². The fourth-order valence-electron chi connectivity index (χ4n) is 2.19. The van der Waals surface area contributed by atoms with Crippen LogP contribution in [0.1, 0.15) is 23.7 Å². The summed E-state index contributed by atoms with van der Waals surface area (Å²) in [5.74, 6) is -0.834. The summed E-state index contributed by atoms with van der Waals surface area (Å²) in [6.45, 7) is 2.83. The molecule has 0 radical (unpaired) electrons. The Morgan fingerprint density at radius 3 is 2.67 bits per heavy atom. The highest BCUT2D eigenvalue weighted by molar-refractivity contribution is 6.06. The van der Waals surface area contributed by atoms with E-state index in [1.807, 2.05) is 24.0 Å². The molecule has 2 rings (SSSR count). The number of para-hydroxylation sites is 1. The first-order valence-electron chi connectivity index (χ1n) is 6.69. The number of fused-ring (bicyclic) bond motifs is 1. The Kier molecular flexibility index (Phi) is 4.37. The Morgan fingerprint density at radius 2 is 2.05 bits per heavy atom. The largest absolute Gasteiger partial charge is 0.481 e. The van der Waals surface area contributed by atoms with Gasteiger partial charge in [-0.2, -0.15) is 0 Å². The smallest absolute Gasteiger partial charge is 0.305 e. The number of hydrogen-bond acceptors (Lipinski definition) is 4. The van der Waals surface area contributed by atoms with Gasteiger partial charge >= 0.3 is 5.97 Å². The van der Waals surface area contributed by atoms with Crippen molar-refractivity contribution in [3.8, 4) is 0 Å². The molecule has 21 heavy (non-hydrogen) atoms. The van der Waals surface area contributed by atoms with Crippen molar-refractivity contribution in [3.63, 3.8) is 0 Å². The van der Waals surface area contributed by atoms with Crippen molar-refractivity contribution in [2.45, 2.75) is 13.3 Å². The fourth-order valence-corrected chi connectivity index (χ4v) is 2.19. The fraction of sp³-hybridized carbons (Fsp3) is 0.267. The molecule has 0 atom stereocenters. The molecule has 0 aliphatic rings. The van der Waals surface area contributed by atoms with E-state index in [0.717, 1.165) is 0 Å². The van der Waals surface area contributed by atoms with Gasteiger partial charge in [0.1, 0.15) is 5.82 Å². The maximum absolute atomic E-state index is 11.6. The summed E-state index contributed by atoms with van der Waals surface area (Å²) in [7, 11) is 0. The molecule has 3 N–H and O–H groups in total. The number of primary amides is 1. The van der Waals surface area contributed by atoms with E-state index in [0.29, 0.717) is 35.4 Å². The molecule has 1 heterocycles. The van der Waals surface area contributed by atoms with Crippen LogP contribution in [-0.4, -0.2) is 35.1 Å². The van der Waals surface area contributed by atoms with E-state index in [1.54, 1.807) is 18.2 Å². The number of carbonyl (C=O) groups is 2.